The third kappa shape index (κ3) is 1.68. The first kappa shape index (κ1) is 9.30. The number of nitrogens with zero attached hydrogens (tertiary/aromatic N) is 1. The van der Waals surface area contributed by atoms with Crippen LogP contribution in [0.5, 0.6) is 0 Å². The van der Waals surface area contributed by atoms with Crippen molar-refractivity contribution in [3.63, 3.8) is 0 Å². The van der Waals surface area contributed by atoms with Crippen molar-refractivity contribution < 1.29 is 18.6 Å². The van der Waals surface area contributed by atoms with E-state index in [1.54, 1.807) is 4.90 Å². The smallest absolute Gasteiger partial charge is 0.262 e. The molecule has 2 aliphatic heterocycles. The Morgan fingerprint density at radius 2 is 2.15 bits per heavy atom. The molecule has 5 heteroatoms. The molecule has 0 bridgehead atoms. The van der Waals surface area contributed by atoms with E-state index in [0.29, 0.717) is 13.2 Å². The molecule has 76 valence electrons. The maximum atomic E-state index is 13.0. The Bertz CT molecular complexity index is 197. The zero-order valence-corrected chi connectivity index (χ0v) is 7.25. The molecule has 0 aliphatic carbocycles. The molecule has 0 aromatic rings. The normalized spacial score (nSPS) is 34.8. The predicted molar refractivity (Wildman–Crippen MR) is 41.8 cm³/mol. The van der Waals surface area contributed by atoms with Crippen LogP contribution in [0.4, 0.5) is 8.78 Å². The lowest BCUT2D eigenvalue weighted by atomic mass is 10.1. The van der Waals surface area contributed by atoms with Crippen LogP contribution in [-0.2, 0) is 4.74 Å². The fraction of sp³-hybridized carbons (Fsp3) is 1.00. The maximum absolute atomic E-state index is 13.0. The van der Waals surface area contributed by atoms with Gasteiger partial charge >= 0.3 is 0 Å². The van der Waals surface area contributed by atoms with E-state index in [4.69, 9.17) is 9.84 Å². The van der Waals surface area contributed by atoms with E-state index in [1.165, 1.54) is 0 Å². The summed E-state index contributed by atoms with van der Waals surface area (Å²) in [6.45, 7) is 0.623. The first-order valence-electron chi connectivity index (χ1n) is 4.44. The predicted octanol–water partition coefficient (Wildman–Crippen LogP) is 0.0871. The SMILES string of the molecule is OCC1CC(F)(F)CN1C1COC1. The Balaban J connectivity index is 2.00. The summed E-state index contributed by atoms with van der Waals surface area (Å²) in [7, 11) is 0. The molecule has 1 unspecified atom stereocenters. The highest BCUT2D eigenvalue weighted by Crippen LogP contribution is 2.34. The Morgan fingerprint density at radius 1 is 1.46 bits per heavy atom. The molecule has 1 atom stereocenters. The number of rotatable bonds is 2. The molecule has 1 N–H and O–H groups in total. The molecular weight excluding hydrogens is 180 g/mol. The fourth-order valence-corrected chi connectivity index (χ4v) is 1.93. The van der Waals surface area contributed by atoms with Gasteiger partial charge in [-0.05, 0) is 0 Å². The highest BCUT2D eigenvalue weighted by molar-refractivity contribution is 4.95. The van der Waals surface area contributed by atoms with E-state index in [9.17, 15) is 8.78 Å². The van der Waals surface area contributed by atoms with Crippen LogP contribution in [0, 0.1) is 0 Å². The minimum absolute atomic E-state index is 0.0884. The van der Waals surface area contributed by atoms with E-state index in [0.717, 1.165) is 0 Å². The fourth-order valence-electron chi connectivity index (χ4n) is 1.93. The van der Waals surface area contributed by atoms with Gasteiger partial charge in [-0.25, -0.2) is 8.78 Å². The number of hydrogen-bond donors (Lipinski definition) is 1. The summed E-state index contributed by atoms with van der Waals surface area (Å²) in [5.41, 5.74) is 0. The number of aliphatic hydroxyl groups excluding tert-OH is 1. The van der Waals surface area contributed by atoms with Crippen LogP contribution in [0.2, 0.25) is 0 Å². The van der Waals surface area contributed by atoms with Gasteiger partial charge in [0, 0.05) is 12.5 Å². The van der Waals surface area contributed by atoms with Gasteiger partial charge in [-0.2, -0.15) is 0 Å². The molecule has 2 heterocycles. The summed E-state index contributed by atoms with van der Waals surface area (Å²) in [5.74, 6) is -2.64. The van der Waals surface area contributed by atoms with Gasteiger partial charge in [-0.1, -0.05) is 0 Å². The summed E-state index contributed by atoms with van der Waals surface area (Å²) < 4.78 is 30.9. The van der Waals surface area contributed by atoms with Crippen molar-refractivity contribution in [3.05, 3.63) is 0 Å². The van der Waals surface area contributed by atoms with E-state index < -0.39 is 5.92 Å². The standard InChI is InChI=1S/C8H13F2NO2/c9-8(10)1-6(2-12)11(5-8)7-3-13-4-7/h6-7,12H,1-5H2. The van der Waals surface area contributed by atoms with Gasteiger partial charge in [-0.15, -0.1) is 0 Å². The molecule has 0 spiro atoms. The number of ether oxygens (including phenoxy) is 1. The van der Waals surface area contributed by atoms with Gasteiger partial charge < -0.3 is 9.84 Å². The van der Waals surface area contributed by atoms with Gasteiger partial charge in [0.05, 0.1) is 32.4 Å². The molecule has 0 saturated carbocycles. The van der Waals surface area contributed by atoms with E-state index in [-0.39, 0.29) is 31.7 Å². The molecule has 0 aromatic carbocycles. The second-order valence-electron chi connectivity index (χ2n) is 3.76. The zero-order valence-electron chi connectivity index (χ0n) is 7.25. The van der Waals surface area contributed by atoms with Crippen LogP contribution >= 0.6 is 0 Å². The van der Waals surface area contributed by atoms with Gasteiger partial charge in [0.1, 0.15) is 0 Å². The van der Waals surface area contributed by atoms with Crippen molar-refractivity contribution in [3.8, 4) is 0 Å². The Kier molecular flexibility index (Phi) is 2.25. The number of likely N-dealkylation sites (tertiary alicyclic amines) is 1. The first-order valence-corrected chi connectivity index (χ1v) is 4.44. The van der Waals surface area contributed by atoms with Gasteiger partial charge in [0.15, 0.2) is 0 Å². The minimum atomic E-state index is -2.64. The lowest BCUT2D eigenvalue weighted by molar-refractivity contribution is -0.0823. The van der Waals surface area contributed by atoms with E-state index in [2.05, 4.69) is 0 Å². The van der Waals surface area contributed by atoms with Crippen LogP contribution in [0.25, 0.3) is 0 Å². The van der Waals surface area contributed by atoms with E-state index >= 15 is 0 Å². The molecule has 0 radical (unpaired) electrons. The first-order chi connectivity index (χ1) is 6.12. The van der Waals surface area contributed by atoms with Crippen LogP contribution in [0.1, 0.15) is 6.42 Å². The van der Waals surface area contributed by atoms with Gasteiger partial charge in [0.25, 0.3) is 5.92 Å². The number of halogens is 2. The maximum Gasteiger partial charge on any atom is 0.262 e. The average Bonchev–Trinajstić information content (AvgIpc) is 2.22. The monoisotopic (exact) mass is 193 g/mol. The van der Waals surface area contributed by atoms with Crippen molar-refractivity contribution in [2.75, 3.05) is 26.4 Å². The van der Waals surface area contributed by atoms with Crippen LogP contribution in [0.3, 0.4) is 0 Å². The van der Waals surface area contributed by atoms with Crippen molar-refractivity contribution in [2.45, 2.75) is 24.4 Å². The van der Waals surface area contributed by atoms with Crippen molar-refractivity contribution in [1.29, 1.82) is 0 Å². The lowest BCUT2D eigenvalue weighted by Gasteiger charge is -2.37. The zero-order chi connectivity index (χ0) is 9.47. The third-order valence-corrected chi connectivity index (χ3v) is 2.72. The molecule has 0 aromatic heterocycles. The molecule has 0 amide bonds. The Hall–Kier alpha value is -0.260. The average molecular weight is 193 g/mol. The second kappa shape index (κ2) is 3.15. The number of hydrogen-bond acceptors (Lipinski definition) is 3. The molecule has 3 nitrogen and oxygen atoms in total. The van der Waals surface area contributed by atoms with Crippen molar-refractivity contribution >= 4 is 0 Å². The van der Waals surface area contributed by atoms with E-state index in [1.807, 2.05) is 0 Å². The molecular formula is C8H13F2NO2. The topological polar surface area (TPSA) is 32.7 Å². The number of aliphatic hydroxyl groups is 1. The molecule has 2 aliphatic rings. The summed E-state index contributed by atoms with van der Waals surface area (Å²) in [5, 5.41) is 8.92. The third-order valence-electron chi connectivity index (χ3n) is 2.72. The van der Waals surface area contributed by atoms with Crippen molar-refractivity contribution in [2.24, 2.45) is 0 Å². The van der Waals surface area contributed by atoms with Gasteiger partial charge in [-0.3, -0.25) is 4.90 Å². The molecule has 2 fully saturated rings. The van der Waals surface area contributed by atoms with Crippen LogP contribution in [-0.4, -0.2) is 54.4 Å². The Labute approximate surface area is 75.3 Å². The quantitative estimate of drug-likeness (QED) is 0.674. The summed E-state index contributed by atoms with van der Waals surface area (Å²) in [6, 6.07) is -0.297. The van der Waals surface area contributed by atoms with Gasteiger partial charge in [0.2, 0.25) is 0 Å². The Morgan fingerprint density at radius 3 is 2.62 bits per heavy atom. The van der Waals surface area contributed by atoms with Crippen LogP contribution < -0.4 is 0 Å². The largest absolute Gasteiger partial charge is 0.395 e. The lowest BCUT2D eigenvalue weighted by Crippen LogP contribution is -2.52. The van der Waals surface area contributed by atoms with Crippen molar-refractivity contribution in [1.82, 2.24) is 4.90 Å². The minimum Gasteiger partial charge on any atom is -0.395 e. The summed E-state index contributed by atoms with van der Waals surface area (Å²) in [4.78, 5) is 1.67. The highest BCUT2D eigenvalue weighted by Gasteiger charge is 2.48. The summed E-state index contributed by atoms with van der Waals surface area (Å²) >= 11 is 0. The molecule has 13 heavy (non-hydrogen) atoms. The summed E-state index contributed by atoms with van der Waals surface area (Å²) in [6.07, 6.45) is -0.222. The second-order valence-corrected chi connectivity index (χ2v) is 3.76. The molecule has 2 rings (SSSR count). The number of alkyl halides is 2. The molecule has 2 saturated heterocycles. The highest BCUT2D eigenvalue weighted by atomic mass is 19.3. The van der Waals surface area contributed by atoms with Crippen LogP contribution in [0.15, 0.2) is 0 Å².